The van der Waals surface area contributed by atoms with E-state index in [2.05, 4.69) is 18.2 Å². The van der Waals surface area contributed by atoms with Crippen molar-refractivity contribution in [2.75, 3.05) is 21.3 Å². The zero-order valence-electron chi connectivity index (χ0n) is 13.8. The SMILES string of the molecule is COc1ccc(-c2c(OC)ccc3ccccc23)c(OC)c1C. The number of rotatable bonds is 4. The Hall–Kier alpha value is -2.68. The second kappa shape index (κ2) is 6.21. The van der Waals surface area contributed by atoms with Crippen LogP contribution in [-0.4, -0.2) is 21.3 Å². The third kappa shape index (κ3) is 2.48. The summed E-state index contributed by atoms with van der Waals surface area (Å²) in [6.07, 6.45) is 0. The summed E-state index contributed by atoms with van der Waals surface area (Å²) in [7, 11) is 5.04. The van der Waals surface area contributed by atoms with Crippen LogP contribution in [0, 0.1) is 6.92 Å². The highest BCUT2D eigenvalue weighted by atomic mass is 16.5. The molecule has 0 spiro atoms. The van der Waals surface area contributed by atoms with Gasteiger partial charge in [-0.05, 0) is 35.9 Å². The Kier molecular flexibility index (Phi) is 4.11. The fraction of sp³-hybridized carbons (Fsp3) is 0.200. The molecule has 0 aliphatic rings. The van der Waals surface area contributed by atoms with Gasteiger partial charge in [-0.1, -0.05) is 30.3 Å². The molecule has 0 radical (unpaired) electrons. The molecule has 0 fully saturated rings. The third-order valence-electron chi connectivity index (χ3n) is 4.16. The topological polar surface area (TPSA) is 27.7 Å². The van der Waals surface area contributed by atoms with E-state index in [9.17, 15) is 0 Å². The first-order chi connectivity index (χ1) is 11.2. The van der Waals surface area contributed by atoms with Crippen LogP contribution in [0.25, 0.3) is 21.9 Å². The fourth-order valence-electron chi connectivity index (χ4n) is 3.05. The Balaban J connectivity index is 2.38. The zero-order valence-corrected chi connectivity index (χ0v) is 13.8. The molecule has 0 saturated carbocycles. The molecule has 0 bridgehead atoms. The summed E-state index contributed by atoms with van der Waals surface area (Å²) in [5.74, 6) is 2.44. The molecule has 3 heteroatoms. The molecule has 0 N–H and O–H groups in total. The minimum Gasteiger partial charge on any atom is -0.496 e. The third-order valence-corrected chi connectivity index (χ3v) is 4.16. The highest BCUT2D eigenvalue weighted by Gasteiger charge is 2.18. The lowest BCUT2D eigenvalue weighted by molar-refractivity contribution is 0.389. The van der Waals surface area contributed by atoms with E-state index in [0.717, 1.165) is 39.3 Å². The maximum atomic E-state index is 5.69. The quantitative estimate of drug-likeness (QED) is 0.690. The van der Waals surface area contributed by atoms with Crippen molar-refractivity contribution >= 4 is 10.8 Å². The molecule has 118 valence electrons. The van der Waals surface area contributed by atoms with E-state index in [1.165, 1.54) is 5.39 Å². The van der Waals surface area contributed by atoms with Crippen molar-refractivity contribution in [2.45, 2.75) is 6.92 Å². The van der Waals surface area contributed by atoms with Crippen LogP contribution in [0.4, 0.5) is 0 Å². The molecule has 0 heterocycles. The molecule has 0 aromatic heterocycles. The van der Waals surface area contributed by atoms with Crippen LogP contribution in [0.5, 0.6) is 17.2 Å². The normalized spacial score (nSPS) is 10.6. The Morgan fingerprint density at radius 3 is 2.09 bits per heavy atom. The highest BCUT2D eigenvalue weighted by Crippen LogP contribution is 2.44. The minimum atomic E-state index is 0.805. The lowest BCUT2D eigenvalue weighted by Gasteiger charge is -2.18. The summed E-state index contributed by atoms with van der Waals surface area (Å²) in [5, 5.41) is 2.30. The van der Waals surface area contributed by atoms with Gasteiger partial charge in [-0.25, -0.2) is 0 Å². The number of benzene rings is 3. The smallest absolute Gasteiger partial charge is 0.133 e. The van der Waals surface area contributed by atoms with Crippen LogP contribution in [0.15, 0.2) is 48.5 Å². The van der Waals surface area contributed by atoms with Gasteiger partial charge in [0, 0.05) is 16.7 Å². The number of hydrogen-bond acceptors (Lipinski definition) is 3. The predicted octanol–water partition coefficient (Wildman–Crippen LogP) is 4.84. The van der Waals surface area contributed by atoms with Gasteiger partial charge in [0.2, 0.25) is 0 Å². The molecule has 3 aromatic carbocycles. The van der Waals surface area contributed by atoms with E-state index in [0.29, 0.717) is 0 Å². The molecule has 23 heavy (non-hydrogen) atoms. The Morgan fingerprint density at radius 2 is 1.39 bits per heavy atom. The molecule has 0 saturated heterocycles. The largest absolute Gasteiger partial charge is 0.496 e. The average Bonchev–Trinajstić information content (AvgIpc) is 2.60. The lowest BCUT2D eigenvalue weighted by Crippen LogP contribution is -1.97. The maximum absolute atomic E-state index is 5.69. The van der Waals surface area contributed by atoms with Gasteiger partial charge >= 0.3 is 0 Å². The molecule has 3 nitrogen and oxygen atoms in total. The highest BCUT2D eigenvalue weighted by molar-refractivity contribution is 6.01. The van der Waals surface area contributed by atoms with Crippen molar-refractivity contribution in [1.82, 2.24) is 0 Å². The summed E-state index contributed by atoms with van der Waals surface area (Å²) in [6, 6.07) is 16.3. The zero-order chi connectivity index (χ0) is 16.4. The van der Waals surface area contributed by atoms with Crippen molar-refractivity contribution in [3.63, 3.8) is 0 Å². The summed E-state index contributed by atoms with van der Waals surface area (Å²) in [5.41, 5.74) is 3.01. The van der Waals surface area contributed by atoms with E-state index in [1.54, 1.807) is 21.3 Å². The minimum absolute atomic E-state index is 0.805. The molecule has 0 unspecified atom stereocenters. The van der Waals surface area contributed by atoms with Gasteiger partial charge in [-0.2, -0.15) is 0 Å². The van der Waals surface area contributed by atoms with E-state index in [-0.39, 0.29) is 0 Å². The van der Waals surface area contributed by atoms with Gasteiger partial charge < -0.3 is 14.2 Å². The Morgan fingerprint density at radius 1 is 0.696 bits per heavy atom. The average molecular weight is 308 g/mol. The van der Waals surface area contributed by atoms with Crippen LogP contribution in [0.3, 0.4) is 0 Å². The Labute approximate surface area is 136 Å². The molecule has 0 atom stereocenters. The molecule has 0 aliphatic carbocycles. The standard InChI is InChI=1S/C20H20O3/c1-13-17(21-2)12-10-16(20(13)23-4)19-15-8-6-5-7-14(15)9-11-18(19)22-3/h5-12H,1-4H3. The first kappa shape index (κ1) is 15.2. The molecule has 0 aliphatic heterocycles. The second-order valence-electron chi connectivity index (χ2n) is 5.34. The van der Waals surface area contributed by atoms with Crippen LogP contribution in [0.1, 0.15) is 5.56 Å². The van der Waals surface area contributed by atoms with Gasteiger partial charge in [-0.3, -0.25) is 0 Å². The number of hydrogen-bond donors (Lipinski definition) is 0. The predicted molar refractivity (Wildman–Crippen MR) is 93.8 cm³/mol. The molecular weight excluding hydrogens is 288 g/mol. The van der Waals surface area contributed by atoms with Gasteiger partial charge in [0.05, 0.1) is 21.3 Å². The fourth-order valence-corrected chi connectivity index (χ4v) is 3.05. The van der Waals surface area contributed by atoms with Crippen molar-refractivity contribution < 1.29 is 14.2 Å². The van der Waals surface area contributed by atoms with Crippen molar-refractivity contribution in [2.24, 2.45) is 0 Å². The second-order valence-corrected chi connectivity index (χ2v) is 5.34. The van der Waals surface area contributed by atoms with Gasteiger partial charge in [0.1, 0.15) is 17.2 Å². The monoisotopic (exact) mass is 308 g/mol. The summed E-state index contributed by atoms with van der Waals surface area (Å²) in [4.78, 5) is 0. The first-order valence-corrected chi connectivity index (χ1v) is 7.49. The summed E-state index contributed by atoms with van der Waals surface area (Å²) in [6.45, 7) is 2.00. The van der Waals surface area contributed by atoms with Gasteiger partial charge in [0.25, 0.3) is 0 Å². The molecule has 3 aromatic rings. The number of methoxy groups -OCH3 is 3. The maximum Gasteiger partial charge on any atom is 0.133 e. The first-order valence-electron chi connectivity index (χ1n) is 7.49. The van der Waals surface area contributed by atoms with Gasteiger partial charge in [-0.15, -0.1) is 0 Å². The lowest BCUT2D eigenvalue weighted by atomic mass is 9.94. The van der Waals surface area contributed by atoms with Crippen LogP contribution in [0.2, 0.25) is 0 Å². The van der Waals surface area contributed by atoms with Gasteiger partial charge in [0.15, 0.2) is 0 Å². The molecule has 0 amide bonds. The van der Waals surface area contributed by atoms with Crippen LogP contribution in [-0.2, 0) is 0 Å². The van der Waals surface area contributed by atoms with Crippen molar-refractivity contribution in [1.29, 1.82) is 0 Å². The van der Waals surface area contributed by atoms with Crippen molar-refractivity contribution in [3.8, 4) is 28.4 Å². The molecule has 3 rings (SSSR count). The molecular formula is C20H20O3. The van der Waals surface area contributed by atoms with Crippen molar-refractivity contribution in [3.05, 3.63) is 54.1 Å². The van der Waals surface area contributed by atoms with E-state index in [1.807, 2.05) is 37.3 Å². The van der Waals surface area contributed by atoms with E-state index < -0.39 is 0 Å². The van der Waals surface area contributed by atoms with E-state index >= 15 is 0 Å². The summed E-state index contributed by atoms with van der Waals surface area (Å²) < 4.78 is 16.7. The summed E-state index contributed by atoms with van der Waals surface area (Å²) >= 11 is 0. The van der Waals surface area contributed by atoms with Crippen LogP contribution < -0.4 is 14.2 Å². The van der Waals surface area contributed by atoms with E-state index in [4.69, 9.17) is 14.2 Å². The van der Waals surface area contributed by atoms with Crippen LogP contribution >= 0.6 is 0 Å². The Bertz CT molecular complexity index is 853. The number of ether oxygens (including phenoxy) is 3. The number of fused-ring (bicyclic) bond motifs is 1.